The van der Waals surface area contributed by atoms with Crippen LogP contribution in [0.15, 0.2) is 12.5 Å². The average molecular weight is 185 g/mol. The van der Waals surface area contributed by atoms with Gasteiger partial charge in [-0.2, -0.15) is 0 Å². The van der Waals surface area contributed by atoms with Gasteiger partial charge in [-0.25, -0.2) is 9.37 Å². The molecule has 1 aromatic heterocycles. The van der Waals surface area contributed by atoms with E-state index in [1.165, 1.54) is 0 Å². The van der Waals surface area contributed by atoms with Crippen molar-refractivity contribution in [2.75, 3.05) is 0 Å². The van der Waals surface area contributed by atoms with Crippen LogP contribution in [0.1, 0.15) is 32.1 Å². The molecule has 0 fully saturated rings. The summed E-state index contributed by atoms with van der Waals surface area (Å²) in [5.41, 5.74) is 5.68. The Balaban J connectivity index is 2.64. The van der Waals surface area contributed by atoms with E-state index in [1.54, 1.807) is 17.1 Å². The third-order valence-corrected chi connectivity index (χ3v) is 1.75. The number of aryl methyl sites for hydroxylation is 1. The van der Waals surface area contributed by atoms with Crippen LogP contribution in [0.4, 0.5) is 4.39 Å². The van der Waals surface area contributed by atoms with Crippen LogP contribution in [0.5, 0.6) is 0 Å². The smallest absolute Gasteiger partial charge is 0.145 e. The van der Waals surface area contributed by atoms with Gasteiger partial charge in [-0.1, -0.05) is 0 Å². The maximum atomic E-state index is 13.5. The highest BCUT2D eigenvalue weighted by Crippen LogP contribution is 2.24. The lowest BCUT2D eigenvalue weighted by atomic mass is 9.98. The Morgan fingerprint density at radius 3 is 2.69 bits per heavy atom. The van der Waals surface area contributed by atoms with Gasteiger partial charge in [-0.3, -0.25) is 0 Å². The van der Waals surface area contributed by atoms with Gasteiger partial charge >= 0.3 is 0 Å². The van der Waals surface area contributed by atoms with Gasteiger partial charge in [0, 0.05) is 25.2 Å². The monoisotopic (exact) mass is 185 g/mol. The van der Waals surface area contributed by atoms with Crippen LogP contribution in [0.2, 0.25) is 0 Å². The highest BCUT2D eigenvalue weighted by atomic mass is 19.1. The highest BCUT2D eigenvalue weighted by molar-refractivity contribution is 5.02. The molecule has 0 amide bonds. The molecule has 4 heteroatoms. The minimum Gasteiger partial charge on any atom is -0.340 e. The van der Waals surface area contributed by atoms with Crippen LogP contribution < -0.4 is 5.73 Å². The number of nitrogens with zero attached hydrogens (tertiary/aromatic N) is 2. The van der Waals surface area contributed by atoms with Crippen LogP contribution in [0.3, 0.4) is 0 Å². The van der Waals surface area contributed by atoms with Crippen molar-refractivity contribution in [3.05, 3.63) is 18.2 Å². The van der Waals surface area contributed by atoms with Gasteiger partial charge in [0.15, 0.2) is 0 Å². The zero-order chi connectivity index (χ0) is 10.1. The van der Waals surface area contributed by atoms with Crippen molar-refractivity contribution >= 4 is 0 Å². The topological polar surface area (TPSA) is 43.8 Å². The summed E-state index contributed by atoms with van der Waals surface area (Å²) in [4.78, 5) is 3.93. The maximum Gasteiger partial charge on any atom is 0.145 e. The van der Waals surface area contributed by atoms with Crippen molar-refractivity contribution in [1.29, 1.82) is 0 Å². The molecule has 74 valence electrons. The Kier molecular flexibility index (Phi) is 2.71. The zero-order valence-electron chi connectivity index (χ0n) is 8.29. The molecule has 0 spiro atoms. The molecule has 3 nitrogen and oxygen atoms in total. The lowest BCUT2D eigenvalue weighted by Crippen LogP contribution is -2.33. The Hall–Kier alpha value is -0.900. The molecule has 13 heavy (non-hydrogen) atoms. The third kappa shape index (κ3) is 3.14. The first-order valence-electron chi connectivity index (χ1n) is 4.29. The normalized spacial score (nSPS) is 14.5. The number of aromatic nitrogens is 2. The summed E-state index contributed by atoms with van der Waals surface area (Å²) >= 11 is 0. The van der Waals surface area contributed by atoms with E-state index in [1.807, 2.05) is 20.9 Å². The molecular weight excluding hydrogens is 169 g/mol. The third-order valence-electron chi connectivity index (χ3n) is 1.75. The second-order valence-electron chi connectivity index (χ2n) is 4.12. The molecular formula is C9H16FN3. The molecule has 2 N–H and O–H groups in total. The van der Waals surface area contributed by atoms with E-state index in [9.17, 15) is 4.39 Å². The number of hydrogen-bond acceptors (Lipinski definition) is 2. The minimum absolute atomic E-state index is 0.296. The summed E-state index contributed by atoms with van der Waals surface area (Å²) in [6, 6.07) is 0. The van der Waals surface area contributed by atoms with Gasteiger partial charge in [-0.15, -0.1) is 0 Å². The van der Waals surface area contributed by atoms with Crippen LogP contribution in [0.25, 0.3) is 0 Å². The summed E-state index contributed by atoms with van der Waals surface area (Å²) in [6.45, 7) is 3.62. The fraction of sp³-hybridized carbons (Fsp3) is 0.667. The summed E-state index contributed by atoms with van der Waals surface area (Å²) in [5, 5.41) is 0. The largest absolute Gasteiger partial charge is 0.340 e. The molecule has 0 saturated heterocycles. The number of rotatable bonds is 3. The highest BCUT2D eigenvalue weighted by Gasteiger charge is 2.21. The van der Waals surface area contributed by atoms with E-state index in [-0.39, 0.29) is 0 Å². The number of nitrogens with two attached hydrogens (primary N) is 1. The van der Waals surface area contributed by atoms with Gasteiger partial charge in [0.05, 0.1) is 12.0 Å². The second kappa shape index (κ2) is 3.46. The van der Waals surface area contributed by atoms with Crippen LogP contribution >= 0.6 is 0 Å². The molecule has 0 aromatic carbocycles. The summed E-state index contributed by atoms with van der Waals surface area (Å²) in [5.74, 6) is 0. The van der Waals surface area contributed by atoms with Crippen molar-refractivity contribution in [3.63, 3.8) is 0 Å². The lowest BCUT2D eigenvalue weighted by molar-refractivity contribution is 0.262. The maximum absolute atomic E-state index is 13.5. The fourth-order valence-corrected chi connectivity index (χ4v) is 1.16. The molecule has 0 saturated carbocycles. The van der Waals surface area contributed by atoms with E-state index in [4.69, 9.17) is 5.73 Å². The molecule has 1 atom stereocenters. The molecule has 1 aromatic rings. The average Bonchev–Trinajstić information content (AvgIpc) is 2.31. The minimum atomic E-state index is -1.07. The van der Waals surface area contributed by atoms with Gasteiger partial charge in [0.2, 0.25) is 0 Å². The molecule has 1 heterocycles. The first kappa shape index (κ1) is 10.2. The first-order chi connectivity index (χ1) is 5.88. The van der Waals surface area contributed by atoms with E-state index < -0.39 is 11.7 Å². The zero-order valence-corrected chi connectivity index (χ0v) is 8.29. The predicted octanol–water partition coefficient (Wildman–Crippen LogP) is 1.56. The molecule has 0 bridgehead atoms. The number of halogens is 1. The molecule has 0 aliphatic heterocycles. The van der Waals surface area contributed by atoms with E-state index >= 15 is 0 Å². The summed E-state index contributed by atoms with van der Waals surface area (Å²) < 4.78 is 15.2. The predicted molar refractivity (Wildman–Crippen MR) is 49.9 cm³/mol. The first-order valence-corrected chi connectivity index (χ1v) is 4.29. The van der Waals surface area contributed by atoms with Crippen LogP contribution in [0, 0.1) is 0 Å². The van der Waals surface area contributed by atoms with E-state index in [0.717, 1.165) is 0 Å². The number of imidazole rings is 1. The summed E-state index contributed by atoms with van der Waals surface area (Å²) in [6.07, 6.45) is 2.49. The van der Waals surface area contributed by atoms with E-state index in [0.29, 0.717) is 12.1 Å². The Labute approximate surface area is 77.8 Å². The van der Waals surface area contributed by atoms with Gasteiger partial charge in [0.1, 0.15) is 6.17 Å². The molecule has 1 rings (SSSR count). The van der Waals surface area contributed by atoms with Crippen molar-refractivity contribution in [2.24, 2.45) is 12.8 Å². The molecule has 0 aliphatic rings. The number of hydrogen-bond donors (Lipinski definition) is 1. The number of alkyl halides is 1. The van der Waals surface area contributed by atoms with Gasteiger partial charge in [0.25, 0.3) is 0 Å². The van der Waals surface area contributed by atoms with Crippen molar-refractivity contribution < 1.29 is 4.39 Å². The molecule has 0 radical (unpaired) electrons. The summed E-state index contributed by atoms with van der Waals surface area (Å²) in [7, 11) is 1.82. The van der Waals surface area contributed by atoms with Gasteiger partial charge < -0.3 is 10.3 Å². The second-order valence-corrected chi connectivity index (χ2v) is 4.12. The van der Waals surface area contributed by atoms with Crippen molar-refractivity contribution in [3.8, 4) is 0 Å². The Morgan fingerprint density at radius 2 is 2.31 bits per heavy atom. The van der Waals surface area contributed by atoms with Crippen molar-refractivity contribution in [1.82, 2.24) is 9.55 Å². The Morgan fingerprint density at radius 1 is 1.69 bits per heavy atom. The lowest BCUT2D eigenvalue weighted by Gasteiger charge is -2.19. The quantitative estimate of drug-likeness (QED) is 0.776. The molecule has 1 unspecified atom stereocenters. The van der Waals surface area contributed by atoms with E-state index in [2.05, 4.69) is 4.98 Å². The van der Waals surface area contributed by atoms with Crippen LogP contribution in [-0.2, 0) is 7.05 Å². The van der Waals surface area contributed by atoms with Crippen LogP contribution in [-0.4, -0.2) is 15.1 Å². The SMILES string of the molecule is Cn1cnc(C(F)CC(C)(C)N)c1. The standard InChI is InChI=1S/C9H16FN3/c1-9(2,11)4-7(10)8-5-13(3)6-12-8/h5-7H,4,11H2,1-3H3. The fourth-order valence-electron chi connectivity index (χ4n) is 1.16. The van der Waals surface area contributed by atoms with Gasteiger partial charge in [-0.05, 0) is 13.8 Å². The van der Waals surface area contributed by atoms with Crippen molar-refractivity contribution in [2.45, 2.75) is 32.0 Å². The molecule has 0 aliphatic carbocycles. The Bertz CT molecular complexity index is 275.